The Balaban J connectivity index is 2.41. The lowest BCUT2D eigenvalue weighted by atomic mass is 10.0. The zero-order chi connectivity index (χ0) is 9.26. The van der Waals surface area contributed by atoms with Crippen LogP contribution in [-0.4, -0.2) is 12.0 Å². The molecular weight excluding hydrogens is 198 g/mol. The van der Waals surface area contributed by atoms with Crippen molar-refractivity contribution in [3.63, 3.8) is 0 Å². The minimum Gasteiger partial charge on any atom is -0.323 e. The molecule has 1 nitrogen and oxygen atoms in total. The lowest BCUT2D eigenvalue weighted by Crippen LogP contribution is -2.18. The summed E-state index contributed by atoms with van der Waals surface area (Å²) in [6.45, 7) is 0. The van der Waals surface area contributed by atoms with E-state index < -0.39 is 0 Å². The number of rotatable bonds is 1. The number of benzene rings is 1. The molecule has 1 aromatic carbocycles. The Hall–Kier alpha value is -0.120. The molecule has 0 spiro atoms. The molecule has 3 heteroatoms. The van der Waals surface area contributed by atoms with Crippen LogP contribution in [0.25, 0.3) is 0 Å². The fourth-order valence-electron chi connectivity index (χ4n) is 1.56. The van der Waals surface area contributed by atoms with E-state index in [1.165, 1.54) is 16.0 Å². The molecule has 0 unspecified atom stereocenters. The third kappa shape index (κ3) is 1.87. The zero-order valence-corrected chi connectivity index (χ0v) is 9.25. The average molecular weight is 211 g/mol. The molecule has 1 atom stereocenters. The second-order valence-electron chi connectivity index (χ2n) is 3.19. The first-order valence-electron chi connectivity index (χ1n) is 4.31. The number of nitrogens with two attached hydrogens (primary N) is 1. The van der Waals surface area contributed by atoms with E-state index in [2.05, 4.69) is 24.5 Å². The number of fused-ring (bicyclic) bond motifs is 1. The lowest BCUT2D eigenvalue weighted by molar-refractivity contribution is 0.805. The van der Waals surface area contributed by atoms with Crippen LogP contribution in [-0.2, 0) is 5.75 Å². The molecule has 1 aromatic rings. The van der Waals surface area contributed by atoms with Crippen LogP contribution in [0.4, 0.5) is 0 Å². The molecule has 0 radical (unpaired) electrons. The van der Waals surface area contributed by atoms with Crippen molar-refractivity contribution in [3.8, 4) is 0 Å². The van der Waals surface area contributed by atoms with Crippen molar-refractivity contribution in [1.29, 1.82) is 0 Å². The summed E-state index contributed by atoms with van der Waals surface area (Å²) in [5, 5.41) is 0. The van der Waals surface area contributed by atoms with Gasteiger partial charge in [-0.05, 0) is 29.5 Å². The number of hydrogen-bond acceptors (Lipinski definition) is 3. The van der Waals surface area contributed by atoms with Gasteiger partial charge in [-0.15, -0.1) is 11.8 Å². The highest BCUT2D eigenvalue weighted by atomic mass is 32.2. The van der Waals surface area contributed by atoms with E-state index in [0.717, 1.165) is 11.5 Å². The molecular formula is C10H13NS2. The normalized spacial score (nSPS) is 21.2. The first-order valence-corrected chi connectivity index (χ1v) is 6.69. The van der Waals surface area contributed by atoms with Crippen LogP contribution in [0.3, 0.4) is 0 Å². The van der Waals surface area contributed by atoms with E-state index in [1.807, 2.05) is 11.8 Å². The quantitative estimate of drug-likeness (QED) is 0.723. The van der Waals surface area contributed by atoms with Gasteiger partial charge in [-0.3, -0.25) is 0 Å². The van der Waals surface area contributed by atoms with Crippen LogP contribution in [0.1, 0.15) is 17.2 Å². The third-order valence-electron chi connectivity index (χ3n) is 2.31. The molecule has 0 aliphatic carbocycles. The first kappa shape index (κ1) is 9.44. The van der Waals surface area contributed by atoms with Gasteiger partial charge in [0.2, 0.25) is 0 Å². The Labute approximate surface area is 87.5 Å². The third-order valence-corrected chi connectivity index (χ3v) is 4.14. The molecule has 70 valence electrons. The van der Waals surface area contributed by atoms with Crippen molar-refractivity contribution in [3.05, 3.63) is 29.3 Å². The highest BCUT2D eigenvalue weighted by Gasteiger charge is 2.16. The van der Waals surface area contributed by atoms with Crippen LogP contribution in [0, 0.1) is 0 Å². The predicted octanol–water partition coefficient (Wildman–Crippen LogP) is 2.66. The summed E-state index contributed by atoms with van der Waals surface area (Å²) in [6, 6.07) is 6.88. The van der Waals surface area contributed by atoms with E-state index in [1.54, 1.807) is 11.8 Å². The second kappa shape index (κ2) is 3.95. The van der Waals surface area contributed by atoms with E-state index in [0.29, 0.717) is 0 Å². The van der Waals surface area contributed by atoms with Crippen molar-refractivity contribution >= 4 is 23.5 Å². The molecule has 1 aliphatic heterocycles. The van der Waals surface area contributed by atoms with Crippen molar-refractivity contribution in [2.24, 2.45) is 5.73 Å². The molecule has 2 rings (SSSR count). The van der Waals surface area contributed by atoms with Gasteiger partial charge in [-0.2, -0.15) is 11.8 Å². The number of hydrogen-bond donors (Lipinski definition) is 1. The SMILES string of the molecule is CSc1ccc2c(c1)[C@@H](N)CSC2. The molecule has 13 heavy (non-hydrogen) atoms. The van der Waals surface area contributed by atoms with E-state index in [-0.39, 0.29) is 6.04 Å². The van der Waals surface area contributed by atoms with Gasteiger partial charge in [0.25, 0.3) is 0 Å². The summed E-state index contributed by atoms with van der Waals surface area (Å²) in [6.07, 6.45) is 2.10. The fourth-order valence-corrected chi connectivity index (χ4v) is 3.05. The number of thioether (sulfide) groups is 2. The summed E-state index contributed by atoms with van der Waals surface area (Å²) >= 11 is 3.71. The maximum atomic E-state index is 6.04. The van der Waals surface area contributed by atoms with Gasteiger partial charge in [0.15, 0.2) is 0 Å². The zero-order valence-electron chi connectivity index (χ0n) is 7.62. The van der Waals surface area contributed by atoms with Crippen LogP contribution in [0.15, 0.2) is 23.1 Å². The average Bonchev–Trinajstić information content (AvgIpc) is 2.18. The Bertz CT molecular complexity index is 312. The Morgan fingerprint density at radius 2 is 2.38 bits per heavy atom. The molecule has 1 aliphatic rings. The Morgan fingerprint density at radius 1 is 1.54 bits per heavy atom. The van der Waals surface area contributed by atoms with Crippen molar-refractivity contribution in [2.45, 2.75) is 16.7 Å². The lowest BCUT2D eigenvalue weighted by Gasteiger charge is -2.22. The van der Waals surface area contributed by atoms with E-state index >= 15 is 0 Å². The monoisotopic (exact) mass is 211 g/mol. The van der Waals surface area contributed by atoms with E-state index in [4.69, 9.17) is 5.73 Å². The fraction of sp³-hybridized carbons (Fsp3) is 0.400. The topological polar surface area (TPSA) is 26.0 Å². The summed E-state index contributed by atoms with van der Waals surface area (Å²) in [5.74, 6) is 2.18. The van der Waals surface area contributed by atoms with Gasteiger partial charge in [-0.25, -0.2) is 0 Å². The first-order chi connectivity index (χ1) is 6.31. The van der Waals surface area contributed by atoms with Crippen LogP contribution >= 0.6 is 23.5 Å². The van der Waals surface area contributed by atoms with Gasteiger partial charge in [0.1, 0.15) is 0 Å². The minimum atomic E-state index is 0.237. The summed E-state index contributed by atoms with van der Waals surface area (Å²) in [5.41, 5.74) is 8.81. The molecule has 0 aromatic heterocycles. The molecule has 2 N–H and O–H groups in total. The van der Waals surface area contributed by atoms with Gasteiger partial charge in [0, 0.05) is 22.4 Å². The Kier molecular flexibility index (Phi) is 2.86. The highest BCUT2D eigenvalue weighted by molar-refractivity contribution is 7.98. The molecule has 1 heterocycles. The molecule has 0 fully saturated rings. The van der Waals surface area contributed by atoms with E-state index in [9.17, 15) is 0 Å². The van der Waals surface area contributed by atoms with Crippen molar-refractivity contribution in [2.75, 3.05) is 12.0 Å². The van der Waals surface area contributed by atoms with Gasteiger partial charge in [0.05, 0.1) is 0 Å². The summed E-state index contributed by atoms with van der Waals surface area (Å²) < 4.78 is 0. The van der Waals surface area contributed by atoms with Gasteiger partial charge >= 0.3 is 0 Å². The highest BCUT2D eigenvalue weighted by Crippen LogP contribution is 2.32. The van der Waals surface area contributed by atoms with Gasteiger partial charge < -0.3 is 5.73 Å². The maximum Gasteiger partial charge on any atom is 0.0390 e. The standard InChI is InChI=1S/C10H13NS2/c1-12-8-3-2-7-5-13-6-10(11)9(7)4-8/h2-4,10H,5-6,11H2,1H3/t10-/m0/s1. The maximum absolute atomic E-state index is 6.04. The largest absolute Gasteiger partial charge is 0.323 e. The molecule has 0 bridgehead atoms. The summed E-state index contributed by atoms with van der Waals surface area (Å²) in [7, 11) is 0. The predicted molar refractivity (Wildman–Crippen MR) is 61.3 cm³/mol. The smallest absolute Gasteiger partial charge is 0.0390 e. The van der Waals surface area contributed by atoms with Crippen molar-refractivity contribution < 1.29 is 0 Å². The molecule has 0 amide bonds. The second-order valence-corrected chi connectivity index (χ2v) is 5.10. The van der Waals surface area contributed by atoms with Crippen LogP contribution < -0.4 is 5.73 Å². The Morgan fingerprint density at radius 3 is 3.15 bits per heavy atom. The summed E-state index contributed by atoms with van der Waals surface area (Å²) in [4.78, 5) is 1.32. The van der Waals surface area contributed by atoms with Gasteiger partial charge in [-0.1, -0.05) is 6.07 Å². The molecule has 0 saturated carbocycles. The molecule has 0 saturated heterocycles. The van der Waals surface area contributed by atoms with Crippen LogP contribution in [0.5, 0.6) is 0 Å². The van der Waals surface area contributed by atoms with Crippen LogP contribution in [0.2, 0.25) is 0 Å². The minimum absolute atomic E-state index is 0.237. The van der Waals surface area contributed by atoms with Crippen molar-refractivity contribution in [1.82, 2.24) is 0 Å².